The highest BCUT2D eigenvalue weighted by Gasteiger charge is 2.57. The van der Waals surface area contributed by atoms with Gasteiger partial charge in [0.15, 0.2) is 0 Å². The summed E-state index contributed by atoms with van der Waals surface area (Å²) in [5, 5.41) is 1.33. The molecule has 0 saturated heterocycles. The highest BCUT2D eigenvalue weighted by Crippen LogP contribution is 2.63. The predicted octanol–water partition coefficient (Wildman–Crippen LogP) is 20.0. The number of hydrogen-bond acceptors (Lipinski definition) is 3. The minimum atomic E-state index is -0.00413. The Labute approximate surface area is 484 Å². The van der Waals surface area contributed by atoms with Crippen LogP contribution >= 0.6 is 0 Å². The zero-order valence-corrected chi connectivity index (χ0v) is 52.5. The van der Waals surface area contributed by atoms with Crippen molar-refractivity contribution in [2.75, 3.05) is 9.80 Å². The third-order valence-electron chi connectivity index (χ3n) is 24.7. The lowest BCUT2D eigenvalue weighted by Gasteiger charge is -2.56. The highest BCUT2D eigenvalue weighted by atomic mass is 16.3. The van der Waals surface area contributed by atoms with Gasteiger partial charge in [0.25, 0.3) is 6.71 Å². The van der Waals surface area contributed by atoms with Crippen LogP contribution in [0, 0.1) is 45.3 Å². The van der Waals surface area contributed by atoms with E-state index in [4.69, 9.17) is 4.42 Å². The van der Waals surface area contributed by atoms with E-state index in [9.17, 15) is 0 Å². The van der Waals surface area contributed by atoms with Crippen LogP contribution in [0.2, 0.25) is 0 Å². The fourth-order valence-electron chi connectivity index (χ4n) is 18.7. The van der Waals surface area contributed by atoms with Crippen LogP contribution in [0.15, 0.2) is 129 Å². The molecule has 0 amide bonds. The van der Waals surface area contributed by atoms with Gasteiger partial charge in [-0.1, -0.05) is 190 Å². The molecule has 3 nitrogen and oxygen atoms in total. The molecule has 4 aromatic rings. The summed E-state index contributed by atoms with van der Waals surface area (Å²) in [5.41, 5.74) is 25.5. The topological polar surface area (TPSA) is 19.6 Å². The van der Waals surface area contributed by atoms with Gasteiger partial charge in [0.1, 0.15) is 5.58 Å². The molecule has 0 radical (unpaired) electrons. The standard InChI is InChI=1S/C76H97BN2O/c1-69(2)29-30-70(3,4)53-39-49(27-28-52(53)69)78-63-37-48(46-23-19-17-20-24-46)38-64-66(63)77(68-67(78)51-41-55-59(45-65(51)80-68)76(15,16)36-32-72(55,7)8)60-42-56-58(75(13,14)35-33-73(56,9)10)44-62(60)79(64)61-43-57-54(71(5,6)31-34-74(57,11)12)40-50(61)47-25-21-18-22-26-47/h18,21-22,25-28,38-43,45-46,52-53,58,63H,17,19-20,23-24,29-37,44H2,1-16H3. The number of furan rings is 1. The van der Waals surface area contributed by atoms with Crippen molar-refractivity contribution in [1.82, 2.24) is 0 Å². The molecule has 4 atom stereocenters. The minimum absolute atomic E-state index is 0.00413. The third-order valence-corrected chi connectivity index (χ3v) is 24.7. The van der Waals surface area contributed by atoms with Crippen LogP contribution in [0.1, 0.15) is 229 Å². The van der Waals surface area contributed by atoms with Crippen molar-refractivity contribution in [1.29, 1.82) is 0 Å². The molecule has 3 saturated carbocycles. The van der Waals surface area contributed by atoms with E-state index in [0.29, 0.717) is 23.7 Å². The second-order valence-corrected chi connectivity index (χ2v) is 33.4. The number of nitrogens with zero attached hydrogens (tertiary/aromatic N) is 2. The van der Waals surface area contributed by atoms with Crippen molar-refractivity contribution in [3.8, 4) is 11.1 Å². The number of allylic oxidation sites excluding steroid dienone is 8. The van der Waals surface area contributed by atoms with E-state index in [1.807, 2.05) is 0 Å². The Morgan fingerprint density at radius 2 is 1.16 bits per heavy atom. The predicted molar refractivity (Wildman–Crippen MR) is 340 cm³/mol. The van der Waals surface area contributed by atoms with Gasteiger partial charge in [0.2, 0.25) is 0 Å². The Morgan fingerprint density at radius 3 is 1.82 bits per heavy atom. The Bertz CT molecular complexity index is 3470. The molecule has 8 aliphatic carbocycles. The van der Waals surface area contributed by atoms with Gasteiger partial charge >= 0.3 is 0 Å². The fourth-order valence-corrected chi connectivity index (χ4v) is 18.7. The van der Waals surface area contributed by atoms with E-state index in [1.54, 1.807) is 16.6 Å². The van der Waals surface area contributed by atoms with Crippen LogP contribution in [-0.2, 0) is 21.7 Å². The van der Waals surface area contributed by atoms with E-state index in [1.165, 1.54) is 162 Å². The van der Waals surface area contributed by atoms with Crippen LogP contribution in [-0.4, -0.2) is 12.8 Å². The van der Waals surface area contributed by atoms with Crippen LogP contribution in [0.4, 0.5) is 11.4 Å². The van der Waals surface area contributed by atoms with Crippen molar-refractivity contribution < 1.29 is 4.42 Å². The van der Waals surface area contributed by atoms with Gasteiger partial charge in [-0.25, -0.2) is 0 Å². The van der Waals surface area contributed by atoms with Crippen molar-refractivity contribution in [3.63, 3.8) is 0 Å². The molecular weight excluding hydrogens is 968 g/mol. The highest BCUT2D eigenvalue weighted by molar-refractivity contribution is 6.88. The Morgan fingerprint density at radius 1 is 0.575 bits per heavy atom. The average molecular weight is 1070 g/mol. The summed E-state index contributed by atoms with van der Waals surface area (Å²) in [6, 6.07) is 22.4. The minimum Gasteiger partial charge on any atom is -0.468 e. The molecule has 0 bridgehead atoms. The lowest BCUT2D eigenvalue weighted by Crippen LogP contribution is -2.59. The fraction of sp³-hybridized carbons (Fsp3) is 0.579. The van der Waals surface area contributed by atoms with Crippen molar-refractivity contribution in [3.05, 3.63) is 146 Å². The summed E-state index contributed by atoms with van der Waals surface area (Å²) in [7, 11) is 0. The van der Waals surface area contributed by atoms with Gasteiger partial charge in [-0.15, -0.1) is 0 Å². The largest absolute Gasteiger partial charge is 0.468 e. The Hall–Kier alpha value is -4.70. The SMILES string of the molecule is CC1(C)CCC(C)(C)C2CC3=C(C=C21)B1C2=C(C=C(C4CCCCC4)CC2N(C2=CC4C(C=C2)C(C)(C)CCC4(C)C)c2c1oc1cc4c(cc21)C(C)(C)CCC4(C)C)N3c1cc2c(cc1-c1ccccc1)C(C)(C)CCC2(C)C. The maximum absolute atomic E-state index is 8.00. The summed E-state index contributed by atoms with van der Waals surface area (Å²) in [6.07, 6.45) is 32.2. The molecule has 80 heavy (non-hydrogen) atoms. The van der Waals surface area contributed by atoms with Crippen LogP contribution in [0.25, 0.3) is 22.1 Å². The monoisotopic (exact) mass is 1060 g/mol. The number of anilines is 2. The van der Waals surface area contributed by atoms with Crippen molar-refractivity contribution in [2.24, 2.45) is 45.3 Å². The number of rotatable bonds is 4. The molecule has 14 rings (SSSR count). The van der Waals surface area contributed by atoms with Crippen LogP contribution in [0.3, 0.4) is 0 Å². The van der Waals surface area contributed by atoms with Crippen molar-refractivity contribution in [2.45, 2.75) is 235 Å². The molecule has 10 aliphatic rings. The second-order valence-electron chi connectivity index (χ2n) is 33.4. The molecule has 1 aromatic heterocycles. The summed E-state index contributed by atoms with van der Waals surface area (Å²) in [5.74, 6) is 1.96. The average Bonchev–Trinajstić information content (AvgIpc) is 3.81. The van der Waals surface area contributed by atoms with Crippen molar-refractivity contribution >= 4 is 34.7 Å². The Kier molecular flexibility index (Phi) is 11.6. The molecule has 0 N–H and O–H groups in total. The Balaban J connectivity index is 1.12. The molecule has 2 aliphatic heterocycles. The summed E-state index contributed by atoms with van der Waals surface area (Å²) >= 11 is 0. The van der Waals surface area contributed by atoms with Crippen LogP contribution in [0.5, 0.6) is 0 Å². The quantitative estimate of drug-likeness (QED) is 0.190. The lowest BCUT2D eigenvalue weighted by atomic mass is 9.31. The summed E-state index contributed by atoms with van der Waals surface area (Å²) in [6.45, 7) is 40.7. The summed E-state index contributed by atoms with van der Waals surface area (Å²) < 4.78 is 8.00. The summed E-state index contributed by atoms with van der Waals surface area (Å²) in [4.78, 5) is 5.91. The molecule has 420 valence electrons. The van der Waals surface area contributed by atoms with Gasteiger partial charge in [0.05, 0.1) is 23.1 Å². The second kappa shape index (κ2) is 17.4. The number of hydrogen-bond donors (Lipinski definition) is 0. The van der Waals surface area contributed by atoms with Gasteiger partial charge < -0.3 is 14.2 Å². The molecule has 3 heterocycles. The zero-order valence-electron chi connectivity index (χ0n) is 52.5. The van der Waals surface area contributed by atoms with E-state index in [0.717, 1.165) is 18.4 Å². The lowest BCUT2D eigenvalue weighted by molar-refractivity contribution is 0.0326. The van der Waals surface area contributed by atoms with E-state index < -0.39 is 0 Å². The molecule has 4 heteroatoms. The molecule has 4 unspecified atom stereocenters. The first kappa shape index (κ1) is 53.3. The smallest absolute Gasteiger partial charge is 0.292 e. The van der Waals surface area contributed by atoms with Gasteiger partial charge in [-0.05, 0) is 219 Å². The number of benzene rings is 3. The zero-order chi connectivity index (χ0) is 56.2. The number of fused-ring (bicyclic) bond motifs is 9. The van der Waals surface area contributed by atoms with E-state index >= 15 is 0 Å². The molecule has 3 aromatic carbocycles. The van der Waals surface area contributed by atoms with E-state index in [-0.39, 0.29) is 56.1 Å². The maximum atomic E-state index is 8.00. The molecule has 3 fully saturated rings. The van der Waals surface area contributed by atoms with E-state index in [2.05, 4.69) is 206 Å². The first-order valence-corrected chi connectivity index (χ1v) is 32.3. The molecule has 0 spiro atoms. The van der Waals surface area contributed by atoms with Crippen LogP contribution < -0.4 is 15.5 Å². The first-order valence-electron chi connectivity index (χ1n) is 32.3. The molecular formula is C76H97BN2O. The normalized spacial score (nSPS) is 29.8. The first-order chi connectivity index (χ1) is 37.6. The third kappa shape index (κ3) is 7.90. The van der Waals surface area contributed by atoms with Gasteiger partial charge in [0, 0.05) is 28.0 Å². The maximum Gasteiger partial charge on any atom is 0.292 e. The van der Waals surface area contributed by atoms with Gasteiger partial charge in [-0.3, -0.25) is 0 Å². The van der Waals surface area contributed by atoms with Gasteiger partial charge in [-0.2, -0.15) is 0 Å².